The van der Waals surface area contributed by atoms with Crippen LogP contribution in [-0.4, -0.2) is 27.5 Å². The zero-order chi connectivity index (χ0) is 15.6. The molecule has 1 aromatic carbocycles. The average molecular weight is 308 g/mol. The van der Waals surface area contributed by atoms with Gasteiger partial charge in [-0.05, 0) is 37.1 Å². The number of methoxy groups -OCH3 is 1. The Kier molecular flexibility index (Phi) is 3.61. The predicted molar refractivity (Wildman–Crippen MR) is 90.9 cm³/mol. The van der Waals surface area contributed by atoms with Crippen LogP contribution in [0.4, 0.5) is 5.82 Å². The Balaban J connectivity index is 1.79. The van der Waals surface area contributed by atoms with E-state index in [9.17, 15) is 0 Å². The second-order valence-electron chi connectivity index (χ2n) is 5.97. The Bertz CT molecular complexity index is 804. The summed E-state index contributed by atoms with van der Waals surface area (Å²) in [7, 11) is 1.68. The van der Waals surface area contributed by atoms with Gasteiger partial charge in [-0.25, -0.2) is 4.98 Å². The molecule has 1 aliphatic rings. The normalized spacial score (nSPS) is 15.2. The number of aromatic nitrogens is 3. The number of nitrogens with zero attached hydrogens (tertiary/aromatic N) is 3. The number of rotatable bonds is 4. The maximum atomic E-state index is 5.25. The van der Waals surface area contributed by atoms with Crippen LogP contribution >= 0.6 is 0 Å². The van der Waals surface area contributed by atoms with Gasteiger partial charge in [-0.15, -0.1) is 0 Å². The summed E-state index contributed by atoms with van der Waals surface area (Å²) in [5.74, 6) is 1.91. The maximum absolute atomic E-state index is 5.25. The molecule has 23 heavy (non-hydrogen) atoms. The molecule has 2 heterocycles. The first-order chi connectivity index (χ1) is 11.3. The number of hydrogen-bond acceptors (Lipinski definition) is 4. The minimum absolute atomic E-state index is 0.528. The highest BCUT2D eigenvalue weighted by Crippen LogP contribution is 2.32. The molecule has 1 N–H and O–H groups in total. The van der Waals surface area contributed by atoms with Crippen LogP contribution in [0, 0.1) is 0 Å². The number of anilines is 1. The lowest BCUT2D eigenvalue weighted by Gasteiger charge is -2.14. The number of fused-ring (bicyclic) bond motifs is 1. The summed E-state index contributed by atoms with van der Waals surface area (Å²) in [6.07, 6.45) is 10.6. The minimum atomic E-state index is 0.528. The average Bonchev–Trinajstić information content (AvgIpc) is 3.24. The maximum Gasteiger partial charge on any atom is 0.157 e. The van der Waals surface area contributed by atoms with Crippen molar-refractivity contribution in [1.82, 2.24) is 14.4 Å². The molecule has 0 atom stereocenters. The Morgan fingerprint density at radius 3 is 2.70 bits per heavy atom. The van der Waals surface area contributed by atoms with Gasteiger partial charge in [0.25, 0.3) is 0 Å². The zero-order valence-electron chi connectivity index (χ0n) is 13.2. The van der Waals surface area contributed by atoms with Gasteiger partial charge >= 0.3 is 0 Å². The Labute approximate surface area is 135 Å². The monoisotopic (exact) mass is 308 g/mol. The molecular formula is C18H20N4O. The summed E-state index contributed by atoms with van der Waals surface area (Å²) in [6, 6.07) is 8.57. The van der Waals surface area contributed by atoms with Crippen molar-refractivity contribution in [3.8, 4) is 17.0 Å². The first-order valence-electron chi connectivity index (χ1n) is 8.08. The van der Waals surface area contributed by atoms with Crippen LogP contribution in [0.15, 0.2) is 42.9 Å². The molecule has 0 saturated heterocycles. The lowest BCUT2D eigenvalue weighted by Crippen LogP contribution is -2.16. The van der Waals surface area contributed by atoms with E-state index < -0.39 is 0 Å². The van der Waals surface area contributed by atoms with E-state index in [1.165, 1.54) is 25.7 Å². The molecule has 2 aromatic heterocycles. The van der Waals surface area contributed by atoms with Crippen molar-refractivity contribution in [3.05, 3.63) is 42.9 Å². The molecular weight excluding hydrogens is 288 g/mol. The van der Waals surface area contributed by atoms with Crippen molar-refractivity contribution in [1.29, 1.82) is 0 Å². The van der Waals surface area contributed by atoms with Crippen LogP contribution in [0.25, 0.3) is 16.9 Å². The van der Waals surface area contributed by atoms with Gasteiger partial charge in [0.2, 0.25) is 0 Å². The molecule has 5 heteroatoms. The third-order valence-electron chi connectivity index (χ3n) is 4.49. The van der Waals surface area contributed by atoms with Crippen LogP contribution in [0.3, 0.4) is 0 Å². The van der Waals surface area contributed by atoms with Crippen molar-refractivity contribution in [2.45, 2.75) is 31.7 Å². The fourth-order valence-electron chi connectivity index (χ4n) is 3.26. The third-order valence-corrected chi connectivity index (χ3v) is 4.49. The van der Waals surface area contributed by atoms with Crippen LogP contribution in [0.1, 0.15) is 25.7 Å². The van der Waals surface area contributed by atoms with Crippen molar-refractivity contribution in [3.63, 3.8) is 0 Å². The molecule has 0 spiro atoms. The van der Waals surface area contributed by atoms with Crippen LogP contribution in [0.2, 0.25) is 0 Å². The number of imidazole rings is 1. The van der Waals surface area contributed by atoms with E-state index >= 15 is 0 Å². The molecule has 3 aromatic rings. The van der Waals surface area contributed by atoms with E-state index in [4.69, 9.17) is 9.72 Å². The molecule has 0 unspecified atom stereocenters. The summed E-state index contributed by atoms with van der Waals surface area (Å²) < 4.78 is 7.34. The van der Waals surface area contributed by atoms with E-state index in [2.05, 4.69) is 14.7 Å². The largest absolute Gasteiger partial charge is 0.497 e. The molecule has 0 bridgehead atoms. The second-order valence-corrected chi connectivity index (χ2v) is 5.97. The van der Waals surface area contributed by atoms with E-state index in [0.717, 1.165) is 28.5 Å². The van der Waals surface area contributed by atoms with Gasteiger partial charge in [-0.2, -0.15) is 0 Å². The number of ether oxygens (including phenoxy) is 1. The lowest BCUT2D eigenvalue weighted by atomic mass is 10.1. The summed E-state index contributed by atoms with van der Waals surface area (Å²) in [5.41, 5.74) is 2.90. The van der Waals surface area contributed by atoms with E-state index in [0.29, 0.717) is 6.04 Å². The quantitative estimate of drug-likeness (QED) is 0.797. The molecule has 1 aliphatic carbocycles. The van der Waals surface area contributed by atoms with Crippen LogP contribution in [0.5, 0.6) is 5.75 Å². The third kappa shape index (κ3) is 2.63. The smallest absolute Gasteiger partial charge is 0.157 e. The van der Waals surface area contributed by atoms with Crippen LogP contribution in [-0.2, 0) is 0 Å². The van der Waals surface area contributed by atoms with Gasteiger partial charge in [-0.1, -0.05) is 12.8 Å². The first-order valence-corrected chi connectivity index (χ1v) is 8.08. The van der Waals surface area contributed by atoms with E-state index in [-0.39, 0.29) is 0 Å². The predicted octanol–water partition coefficient (Wildman–Crippen LogP) is 3.76. The molecule has 0 amide bonds. The van der Waals surface area contributed by atoms with Crippen molar-refractivity contribution in [2.75, 3.05) is 12.4 Å². The molecule has 5 nitrogen and oxygen atoms in total. The standard InChI is InChI=1S/C18H20N4O/c1-23-15-8-6-13(7-9-15)17-18(20-14-4-2-3-5-14)22-11-10-19-12-16(22)21-17/h6-12,14,20H,2-5H2,1H3. The topological polar surface area (TPSA) is 51.5 Å². The minimum Gasteiger partial charge on any atom is -0.497 e. The summed E-state index contributed by atoms with van der Waals surface area (Å²) in [4.78, 5) is 8.97. The molecule has 1 saturated carbocycles. The number of hydrogen-bond donors (Lipinski definition) is 1. The van der Waals surface area contributed by atoms with Crippen molar-refractivity contribution >= 4 is 11.5 Å². The summed E-state index contributed by atoms with van der Waals surface area (Å²) >= 11 is 0. The lowest BCUT2D eigenvalue weighted by molar-refractivity contribution is 0.415. The van der Waals surface area contributed by atoms with Gasteiger partial charge in [0.05, 0.1) is 13.3 Å². The van der Waals surface area contributed by atoms with Gasteiger partial charge < -0.3 is 10.1 Å². The fourth-order valence-corrected chi connectivity index (χ4v) is 3.26. The molecule has 4 rings (SSSR count). The Morgan fingerprint density at radius 1 is 1.17 bits per heavy atom. The number of benzene rings is 1. The molecule has 1 fully saturated rings. The van der Waals surface area contributed by atoms with Gasteiger partial charge in [-0.3, -0.25) is 9.38 Å². The highest BCUT2D eigenvalue weighted by atomic mass is 16.5. The van der Waals surface area contributed by atoms with E-state index in [1.54, 1.807) is 19.5 Å². The second kappa shape index (κ2) is 5.91. The van der Waals surface area contributed by atoms with Gasteiger partial charge in [0.15, 0.2) is 5.65 Å². The van der Waals surface area contributed by atoms with Crippen LogP contribution < -0.4 is 10.1 Å². The van der Waals surface area contributed by atoms with Crippen molar-refractivity contribution in [2.24, 2.45) is 0 Å². The summed E-state index contributed by atoms with van der Waals surface area (Å²) in [6.45, 7) is 0. The van der Waals surface area contributed by atoms with Gasteiger partial charge in [0.1, 0.15) is 17.3 Å². The Morgan fingerprint density at radius 2 is 1.96 bits per heavy atom. The highest BCUT2D eigenvalue weighted by molar-refractivity contribution is 5.76. The first kappa shape index (κ1) is 14.1. The molecule has 0 aliphatic heterocycles. The Hall–Kier alpha value is -2.56. The fraction of sp³-hybridized carbons (Fsp3) is 0.333. The zero-order valence-corrected chi connectivity index (χ0v) is 13.2. The van der Waals surface area contributed by atoms with E-state index in [1.807, 2.05) is 30.5 Å². The molecule has 118 valence electrons. The highest BCUT2D eigenvalue weighted by Gasteiger charge is 2.20. The van der Waals surface area contributed by atoms with Crippen molar-refractivity contribution < 1.29 is 4.74 Å². The number of nitrogens with one attached hydrogen (secondary N) is 1. The SMILES string of the molecule is COc1ccc(-c2nc3cnccn3c2NC2CCCC2)cc1. The van der Waals surface area contributed by atoms with Gasteiger partial charge in [0, 0.05) is 24.0 Å². The summed E-state index contributed by atoms with van der Waals surface area (Å²) in [5, 5.41) is 3.70. The molecule has 0 radical (unpaired) electrons.